The fourth-order valence-electron chi connectivity index (χ4n) is 5.26. The van der Waals surface area contributed by atoms with Crippen molar-refractivity contribution in [2.75, 3.05) is 40.1 Å². The smallest absolute Gasteiger partial charge is 0.402 e. The molecule has 12 heteroatoms. The third-order valence-electron chi connectivity index (χ3n) is 6.66. The predicted molar refractivity (Wildman–Crippen MR) is 111 cm³/mol. The summed E-state index contributed by atoms with van der Waals surface area (Å²) in [5.74, 6) is -1.14. The highest BCUT2D eigenvalue weighted by Crippen LogP contribution is 2.55. The Bertz CT molecular complexity index is 907. The fraction of sp³-hybridized carbons (Fsp3) is 0.667. The van der Waals surface area contributed by atoms with Gasteiger partial charge in [-0.05, 0) is 13.3 Å². The highest BCUT2D eigenvalue weighted by atomic mass is 16.7. The molecule has 1 amide bonds. The number of Topliss-reactive ketones (excluding diaryl/α,β-unsaturated/α-hetero) is 2. The number of allylic oxidation sites excluding steroid dienone is 2. The molecular weight excluding hydrogens is 438 g/mol. The number of ketones is 2. The molecule has 3 saturated heterocycles. The molecule has 12 nitrogen and oxygen atoms in total. The fourth-order valence-corrected chi connectivity index (χ4v) is 5.26. The number of methoxy groups -OCH3 is 1. The molecule has 1 aliphatic carbocycles. The third kappa shape index (κ3) is 3.81. The number of aliphatic hydroxyl groups is 1. The lowest BCUT2D eigenvalue weighted by Crippen LogP contribution is -2.54. The summed E-state index contributed by atoms with van der Waals surface area (Å²) in [6.07, 6.45) is -0.358. The van der Waals surface area contributed by atoms with Crippen LogP contribution in [-0.2, 0) is 28.5 Å². The third-order valence-corrected chi connectivity index (χ3v) is 6.66. The zero-order valence-corrected chi connectivity index (χ0v) is 18.5. The number of hydrogen-bond acceptors (Lipinski definition) is 10. The molecular formula is C21H29N3O9. The van der Waals surface area contributed by atoms with Gasteiger partial charge in [-0.3, -0.25) is 9.59 Å². The zero-order chi connectivity index (χ0) is 23.9. The molecule has 4 atom stereocenters. The number of nitrogens with two attached hydrogens (primary N) is 1. The minimum atomic E-state index is -1.33. The Balaban J connectivity index is 0.000000601. The largest absolute Gasteiger partial charge is 0.489 e. The quantitative estimate of drug-likeness (QED) is 0.280. The topological polar surface area (TPSA) is 180 Å². The molecule has 5 aliphatic rings. The number of carbonyl (C=O) groups is 3. The maximum Gasteiger partial charge on any atom is 0.402 e. The number of nitrogens with one attached hydrogen (secondary N) is 1. The van der Waals surface area contributed by atoms with Gasteiger partial charge >= 0.3 is 6.09 Å². The molecule has 0 aromatic carbocycles. The van der Waals surface area contributed by atoms with Crippen LogP contribution in [0.1, 0.15) is 19.8 Å². The van der Waals surface area contributed by atoms with Crippen molar-refractivity contribution in [2.45, 2.75) is 43.9 Å². The van der Waals surface area contributed by atoms with E-state index in [0.29, 0.717) is 37.4 Å². The summed E-state index contributed by atoms with van der Waals surface area (Å²) >= 11 is 0. The molecule has 5 N–H and O–H groups in total. The van der Waals surface area contributed by atoms with Crippen molar-refractivity contribution in [3.05, 3.63) is 22.6 Å². The number of aliphatic hydroxyl groups excluding tert-OH is 1. The second-order valence-electron chi connectivity index (χ2n) is 8.43. The predicted octanol–water partition coefficient (Wildman–Crippen LogP) is -0.920. The summed E-state index contributed by atoms with van der Waals surface area (Å²) in [5.41, 5.74) is 4.07. The van der Waals surface area contributed by atoms with Crippen LogP contribution in [0.5, 0.6) is 0 Å². The van der Waals surface area contributed by atoms with Crippen LogP contribution in [0.2, 0.25) is 0 Å². The van der Waals surface area contributed by atoms with Gasteiger partial charge in [0.15, 0.2) is 17.8 Å². The van der Waals surface area contributed by atoms with Gasteiger partial charge in [-0.25, -0.2) is 4.79 Å². The highest BCUT2D eigenvalue weighted by Gasteiger charge is 2.72. The number of piperazine rings is 1. The van der Waals surface area contributed by atoms with E-state index >= 15 is 0 Å². The van der Waals surface area contributed by atoms with Crippen molar-refractivity contribution >= 4 is 17.7 Å². The van der Waals surface area contributed by atoms with Crippen molar-refractivity contribution < 1.29 is 43.5 Å². The summed E-state index contributed by atoms with van der Waals surface area (Å²) in [4.78, 5) is 37.2. The van der Waals surface area contributed by atoms with Crippen molar-refractivity contribution in [2.24, 2.45) is 11.7 Å². The van der Waals surface area contributed by atoms with Gasteiger partial charge in [0.05, 0.1) is 44.1 Å². The average Bonchev–Trinajstić information content (AvgIpc) is 3.40. The SMILES string of the molecule is COC12C(CO)C3=C(C(=O)C(C)=C(OCCC4OCCCO4)C3=O)N1CC1NC12.NC(=O)O. The Kier molecular flexibility index (Phi) is 6.47. The molecule has 0 radical (unpaired) electrons. The van der Waals surface area contributed by atoms with Crippen LogP contribution >= 0.6 is 0 Å². The van der Waals surface area contributed by atoms with Crippen molar-refractivity contribution in [3.8, 4) is 0 Å². The Labute approximate surface area is 190 Å². The monoisotopic (exact) mass is 467 g/mol. The summed E-state index contributed by atoms with van der Waals surface area (Å²) < 4.78 is 22.6. The van der Waals surface area contributed by atoms with E-state index in [1.165, 1.54) is 0 Å². The standard InChI is InChI=1S/C20H26N2O7.CH3NO2/c1-10-16(24)15-14(11(9-23)20(26-2)19-12(21-19)8-22(15)20)17(25)18(10)29-7-4-13-27-5-3-6-28-13;2-1(3)4/h11-13,19,21,23H,3-9H2,1-2H3;2H2,(H,3,4). The van der Waals surface area contributed by atoms with Crippen LogP contribution in [0.25, 0.3) is 0 Å². The van der Waals surface area contributed by atoms with Crippen LogP contribution in [0.3, 0.4) is 0 Å². The van der Waals surface area contributed by atoms with E-state index < -0.39 is 17.7 Å². The minimum absolute atomic E-state index is 0.0128. The van der Waals surface area contributed by atoms with Crippen LogP contribution in [0.15, 0.2) is 22.6 Å². The Morgan fingerprint density at radius 3 is 2.58 bits per heavy atom. The number of fused-ring (bicyclic) bond motifs is 4. The minimum Gasteiger partial charge on any atom is -0.489 e. The summed E-state index contributed by atoms with van der Waals surface area (Å²) in [6, 6.07) is 0.194. The van der Waals surface area contributed by atoms with Gasteiger partial charge in [0, 0.05) is 37.3 Å². The lowest BCUT2D eigenvalue weighted by molar-refractivity contribution is -0.185. The number of primary amides is 1. The number of nitrogens with zero attached hydrogens (tertiary/aromatic N) is 1. The molecule has 4 unspecified atom stereocenters. The number of rotatable bonds is 6. The van der Waals surface area contributed by atoms with Crippen molar-refractivity contribution in [1.82, 2.24) is 10.2 Å². The number of amides is 1. The Morgan fingerprint density at radius 1 is 1.30 bits per heavy atom. The van der Waals surface area contributed by atoms with E-state index in [-0.39, 0.29) is 54.5 Å². The molecule has 0 aromatic rings. The number of ether oxygens (including phenoxy) is 4. The first-order valence-electron chi connectivity index (χ1n) is 10.9. The normalized spacial score (nSPS) is 32.8. The number of carbonyl (C=O) groups excluding carboxylic acids is 2. The van der Waals surface area contributed by atoms with Gasteiger partial charge in [0.2, 0.25) is 11.6 Å². The van der Waals surface area contributed by atoms with Gasteiger partial charge in [-0.1, -0.05) is 0 Å². The van der Waals surface area contributed by atoms with E-state index in [1.54, 1.807) is 14.0 Å². The van der Waals surface area contributed by atoms with Gasteiger partial charge < -0.3 is 45.1 Å². The maximum atomic E-state index is 13.4. The lowest BCUT2D eigenvalue weighted by Gasteiger charge is -2.39. The second-order valence-corrected chi connectivity index (χ2v) is 8.43. The van der Waals surface area contributed by atoms with E-state index in [2.05, 4.69) is 11.1 Å². The molecule has 5 rings (SSSR count). The van der Waals surface area contributed by atoms with Crippen molar-refractivity contribution in [3.63, 3.8) is 0 Å². The van der Waals surface area contributed by atoms with Gasteiger partial charge in [-0.2, -0.15) is 0 Å². The second kappa shape index (κ2) is 9.03. The van der Waals surface area contributed by atoms with Crippen LogP contribution < -0.4 is 11.1 Å². The molecule has 0 saturated carbocycles. The van der Waals surface area contributed by atoms with Crippen molar-refractivity contribution in [1.29, 1.82) is 0 Å². The molecule has 0 aromatic heterocycles. The maximum absolute atomic E-state index is 13.4. The molecule has 182 valence electrons. The highest BCUT2D eigenvalue weighted by molar-refractivity contribution is 6.25. The van der Waals surface area contributed by atoms with Gasteiger partial charge in [0.25, 0.3) is 0 Å². The van der Waals surface area contributed by atoms with E-state index in [1.807, 2.05) is 4.90 Å². The van der Waals surface area contributed by atoms with Gasteiger partial charge in [-0.15, -0.1) is 0 Å². The number of hydrogen-bond donors (Lipinski definition) is 4. The van der Waals surface area contributed by atoms with E-state index in [9.17, 15) is 14.7 Å². The van der Waals surface area contributed by atoms with E-state index in [4.69, 9.17) is 28.8 Å². The molecule has 0 spiro atoms. The zero-order valence-electron chi connectivity index (χ0n) is 18.5. The van der Waals surface area contributed by atoms with Crippen LogP contribution in [-0.4, -0.2) is 97.0 Å². The first-order valence-corrected chi connectivity index (χ1v) is 10.9. The molecule has 0 bridgehead atoms. The summed E-state index contributed by atoms with van der Waals surface area (Å²) in [5, 5.41) is 20.7. The summed E-state index contributed by atoms with van der Waals surface area (Å²) in [6.45, 7) is 3.39. The van der Waals surface area contributed by atoms with Gasteiger partial charge in [0.1, 0.15) is 0 Å². The Morgan fingerprint density at radius 2 is 1.97 bits per heavy atom. The Hall–Kier alpha value is -2.51. The molecule has 4 aliphatic heterocycles. The first-order chi connectivity index (χ1) is 15.8. The molecule has 33 heavy (non-hydrogen) atoms. The summed E-state index contributed by atoms with van der Waals surface area (Å²) in [7, 11) is 1.56. The molecule has 3 fully saturated rings. The number of carboxylic acid groups (broad SMARTS) is 1. The molecule has 4 heterocycles. The first kappa shape index (κ1) is 23.6. The average molecular weight is 467 g/mol. The van der Waals surface area contributed by atoms with Crippen LogP contribution in [0.4, 0.5) is 4.79 Å². The lowest BCUT2D eigenvalue weighted by atomic mass is 9.83. The van der Waals surface area contributed by atoms with Crippen LogP contribution in [0, 0.1) is 5.92 Å². The van der Waals surface area contributed by atoms with E-state index in [0.717, 1.165) is 6.42 Å².